The Bertz CT molecular complexity index is 1260. The van der Waals surface area contributed by atoms with Gasteiger partial charge in [-0.3, -0.25) is 9.78 Å². The van der Waals surface area contributed by atoms with Crippen LogP contribution in [0.25, 0.3) is 22.2 Å². The van der Waals surface area contributed by atoms with E-state index in [1.54, 1.807) is 36.7 Å². The van der Waals surface area contributed by atoms with E-state index in [4.69, 9.17) is 13.9 Å². The summed E-state index contributed by atoms with van der Waals surface area (Å²) in [4.78, 5) is 33.6. The molecule has 0 radical (unpaired) electrons. The average molecular weight is 537 g/mol. The minimum atomic E-state index is -0.471. The summed E-state index contributed by atoms with van der Waals surface area (Å²) in [7, 11) is 0. The van der Waals surface area contributed by atoms with Gasteiger partial charge < -0.3 is 13.9 Å². The molecule has 0 aliphatic heterocycles. The average Bonchev–Trinajstić information content (AvgIpc) is 2.88. The smallest absolute Gasteiger partial charge is 0.345 e. The van der Waals surface area contributed by atoms with Gasteiger partial charge in [-0.1, -0.05) is 59.4 Å². The number of esters is 1. The maximum absolute atomic E-state index is 12.6. The predicted octanol–water partition coefficient (Wildman–Crippen LogP) is 7.61. The molecule has 3 aromatic rings. The second kappa shape index (κ2) is 13.7. The first-order valence-corrected chi connectivity index (χ1v) is 14.1. The van der Waals surface area contributed by atoms with Crippen molar-refractivity contribution in [3.8, 4) is 17.1 Å². The van der Waals surface area contributed by atoms with Gasteiger partial charge in [0.2, 0.25) is 5.88 Å². The number of pyridine rings is 2. The molecule has 1 unspecified atom stereocenters. The Kier molecular flexibility index (Phi) is 10.7. The lowest BCUT2D eigenvalue weighted by Crippen LogP contribution is -2.35. The highest BCUT2D eigenvalue weighted by Crippen LogP contribution is 2.37. The van der Waals surface area contributed by atoms with Crippen molar-refractivity contribution in [2.24, 2.45) is 16.7 Å². The summed E-state index contributed by atoms with van der Waals surface area (Å²) in [6.07, 6.45) is 10.4. The van der Waals surface area contributed by atoms with E-state index in [0.717, 1.165) is 50.3 Å². The van der Waals surface area contributed by atoms with Crippen LogP contribution in [0.4, 0.5) is 0 Å². The molecule has 7 nitrogen and oxygen atoms in total. The Morgan fingerprint density at radius 2 is 1.64 bits per heavy atom. The third-order valence-corrected chi connectivity index (χ3v) is 7.23. The fourth-order valence-corrected chi connectivity index (χ4v) is 4.59. The van der Waals surface area contributed by atoms with Crippen molar-refractivity contribution in [2.75, 3.05) is 13.2 Å². The Hall–Kier alpha value is -3.22. The Balaban J connectivity index is 1.31. The molecular formula is C32H44N2O5. The van der Waals surface area contributed by atoms with E-state index in [0.29, 0.717) is 35.9 Å². The van der Waals surface area contributed by atoms with Crippen LogP contribution in [0.3, 0.4) is 0 Å². The van der Waals surface area contributed by atoms with Crippen molar-refractivity contribution in [2.45, 2.75) is 86.5 Å². The quantitative estimate of drug-likeness (QED) is 0.155. The lowest BCUT2D eigenvalue weighted by molar-refractivity contribution is -0.157. The number of carbonyl (C=O) groups is 1. The van der Waals surface area contributed by atoms with Crippen LogP contribution in [0.1, 0.15) is 86.5 Å². The number of hydrogen-bond donors (Lipinski definition) is 0. The third kappa shape index (κ3) is 9.19. The molecule has 0 N–H and O–H groups in total. The summed E-state index contributed by atoms with van der Waals surface area (Å²) >= 11 is 0. The predicted molar refractivity (Wildman–Crippen MR) is 155 cm³/mol. The molecule has 3 aromatic heterocycles. The molecule has 0 aromatic carbocycles. The van der Waals surface area contributed by atoms with E-state index in [9.17, 15) is 9.59 Å². The number of aromatic nitrogens is 2. The zero-order chi connectivity index (χ0) is 28.5. The van der Waals surface area contributed by atoms with Gasteiger partial charge in [-0.05, 0) is 62.6 Å². The Morgan fingerprint density at radius 3 is 2.31 bits per heavy atom. The molecule has 0 fully saturated rings. The third-order valence-electron chi connectivity index (χ3n) is 7.23. The van der Waals surface area contributed by atoms with E-state index in [-0.39, 0.29) is 17.3 Å². The van der Waals surface area contributed by atoms with Gasteiger partial charge in [0.1, 0.15) is 5.58 Å². The van der Waals surface area contributed by atoms with Gasteiger partial charge in [-0.2, -0.15) is 0 Å². The highest BCUT2D eigenvalue weighted by Gasteiger charge is 2.37. The Labute approximate surface area is 232 Å². The van der Waals surface area contributed by atoms with Crippen molar-refractivity contribution in [1.29, 1.82) is 0 Å². The molecule has 3 rings (SSSR count). The van der Waals surface area contributed by atoms with Crippen molar-refractivity contribution in [3.05, 3.63) is 53.1 Å². The van der Waals surface area contributed by atoms with E-state index in [1.165, 1.54) is 0 Å². The van der Waals surface area contributed by atoms with Crippen LogP contribution in [0, 0.1) is 16.7 Å². The summed E-state index contributed by atoms with van der Waals surface area (Å²) in [5.41, 5.74) is 0.702. The molecule has 0 aliphatic carbocycles. The van der Waals surface area contributed by atoms with Gasteiger partial charge in [-0.15, -0.1) is 0 Å². The highest BCUT2D eigenvalue weighted by molar-refractivity contribution is 5.80. The molecular weight excluding hydrogens is 492 g/mol. The standard InChI is InChI=1S/C32H44N2O5/c1-23(21-31(2,3)4)32(5,6)30(36)38-18-14-10-8-7-9-13-17-37-28-20-27-24(22-34-28)19-25(29(35)39-27)26-15-11-12-16-33-26/h11-12,15-16,19-20,22-23H,7-10,13-14,17-18,21H2,1-6H3. The number of hydrogen-bond acceptors (Lipinski definition) is 7. The zero-order valence-corrected chi connectivity index (χ0v) is 24.4. The van der Waals surface area contributed by atoms with Crippen LogP contribution in [0.15, 0.2) is 51.9 Å². The monoisotopic (exact) mass is 536 g/mol. The van der Waals surface area contributed by atoms with Crippen molar-refractivity contribution >= 4 is 16.9 Å². The lowest BCUT2D eigenvalue weighted by Gasteiger charge is -2.34. The Morgan fingerprint density at radius 1 is 0.949 bits per heavy atom. The zero-order valence-electron chi connectivity index (χ0n) is 24.4. The van der Waals surface area contributed by atoms with Crippen molar-refractivity contribution < 1.29 is 18.7 Å². The van der Waals surface area contributed by atoms with Crippen LogP contribution in [0.5, 0.6) is 5.88 Å². The second-order valence-electron chi connectivity index (χ2n) is 12.2. The molecule has 1 atom stereocenters. The van der Waals surface area contributed by atoms with E-state index in [1.807, 2.05) is 19.9 Å². The van der Waals surface area contributed by atoms with Crippen LogP contribution in [-0.4, -0.2) is 29.2 Å². The molecule has 7 heteroatoms. The number of unbranched alkanes of at least 4 members (excludes halogenated alkanes) is 5. The normalized spacial score (nSPS) is 12.9. The van der Waals surface area contributed by atoms with Gasteiger partial charge in [-0.25, -0.2) is 9.78 Å². The fraction of sp³-hybridized carbons (Fsp3) is 0.562. The summed E-state index contributed by atoms with van der Waals surface area (Å²) in [5.74, 6) is 0.616. The first-order chi connectivity index (χ1) is 18.5. The van der Waals surface area contributed by atoms with Crippen molar-refractivity contribution in [3.63, 3.8) is 0 Å². The van der Waals surface area contributed by atoms with Gasteiger partial charge in [0.05, 0.1) is 29.9 Å². The lowest BCUT2D eigenvalue weighted by atomic mass is 9.72. The number of nitrogens with zero attached hydrogens (tertiary/aromatic N) is 2. The fourth-order valence-electron chi connectivity index (χ4n) is 4.59. The summed E-state index contributed by atoms with van der Waals surface area (Å²) in [6.45, 7) is 13.8. The summed E-state index contributed by atoms with van der Waals surface area (Å²) < 4.78 is 16.9. The molecule has 0 spiro atoms. The highest BCUT2D eigenvalue weighted by atomic mass is 16.5. The second-order valence-corrected chi connectivity index (χ2v) is 12.2. The van der Waals surface area contributed by atoms with Crippen LogP contribution in [0.2, 0.25) is 0 Å². The van der Waals surface area contributed by atoms with Gasteiger partial charge >= 0.3 is 11.6 Å². The molecule has 39 heavy (non-hydrogen) atoms. The number of carbonyl (C=O) groups excluding carboxylic acids is 1. The molecule has 0 aliphatic rings. The SMILES string of the molecule is CC(CC(C)(C)C)C(C)(C)C(=O)OCCCCCCCCOc1cc2oc(=O)c(-c3ccccn3)cc2cn1. The van der Waals surface area contributed by atoms with E-state index >= 15 is 0 Å². The first-order valence-electron chi connectivity index (χ1n) is 14.1. The molecule has 0 saturated heterocycles. The van der Waals surface area contributed by atoms with E-state index < -0.39 is 11.0 Å². The van der Waals surface area contributed by atoms with Gasteiger partial charge in [0.15, 0.2) is 0 Å². The van der Waals surface area contributed by atoms with Crippen molar-refractivity contribution in [1.82, 2.24) is 9.97 Å². The molecule has 212 valence electrons. The summed E-state index contributed by atoms with van der Waals surface area (Å²) in [5, 5.41) is 0.719. The molecule has 0 saturated carbocycles. The van der Waals surface area contributed by atoms with Gasteiger partial charge in [0, 0.05) is 23.8 Å². The topological polar surface area (TPSA) is 91.5 Å². The first kappa shape index (κ1) is 30.3. The number of rotatable bonds is 14. The minimum absolute atomic E-state index is 0.0911. The molecule has 0 bridgehead atoms. The van der Waals surface area contributed by atoms with Crippen LogP contribution in [-0.2, 0) is 9.53 Å². The van der Waals surface area contributed by atoms with Crippen LogP contribution < -0.4 is 10.4 Å². The molecule has 3 heterocycles. The van der Waals surface area contributed by atoms with Crippen LogP contribution >= 0.6 is 0 Å². The minimum Gasteiger partial charge on any atom is -0.478 e. The van der Waals surface area contributed by atoms with Gasteiger partial charge in [0.25, 0.3) is 0 Å². The maximum atomic E-state index is 12.6. The maximum Gasteiger partial charge on any atom is 0.345 e. The summed E-state index contributed by atoms with van der Waals surface area (Å²) in [6, 6.07) is 8.81. The molecule has 0 amide bonds. The number of ether oxygens (including phenoxy) is 2. The number of fused-ring (bicyclic) bond motifs is 1. The largest absolute Gasteiger partial charge is 0.478 e. The van der Waals surface area contributed by atoms with E-state index in [2.05, 4.69) is 37.7 Å².